The fourth-order valence-corrected chi connectivity index (χ4v) is 2.12. The molecule has 0 bridgehead atoms. The van der Waals surface area contributed by atoms with Crippen LogP contribution in [0.4, 0.5) is 0 Å². The van der Waals surface area contributed by atoms with Gasteiger partial charge in [0.05, 0.1) is 19.1 Å². The maximum atomic E-state index is 8.88. The Kier molecular flexibility index (Phi) is 6.38. The number of hydrogen-bond acceptors (Lipinski definition) is 3. The van der Waals surface area contributed by atoms with E-state index in [0.717, 1.165) is 31.7 Å². The second-order valence-corrected chi connectivity index (χ2v) is 4.87. The number of benzene rings is 1. The number of rotatable bonds is 7. The average Bonchev–Trinajstić information content (AvgIpc) is 2.43. The molecule has 0 aliphatic heterocycles. The monoisotopic (exact) mass is 260 g/mol. The Morgan fingerprint density at radius 2 is 2.05 bits per heavy atom. The second-order valence-electron chi connectivity index (χ2n) is 4.87. The Morgan fingerprint density at radius 1 is 1.32 bits per heavy atom. The van der Waals surface area contributed by atoms with Crippen molar-refractivity contribution >= 4 is 0 Å². The Labute approximate surface area is 116 Å². The van der Waals surface area contributed by atoms with Crippen LogP contribution in [0.25, 0.3) is 0 Å². The predicted molar refractivity (Wildman–Crippen MR) is 78.4 cm³/mol. The van der Waals surface area contributed by atoms with E-state index in [2.05, 4.69) is 31.3 Å². The standard InChI is InChI=1S/C16H24N2O/c1-5-14(10-17)11-18-9-8-15-6-7-16(19-4)13(3)12(15)2/h6-7,14,18H,5,8-9,11H2,1-4H3. The number of ether oxygens (including phenoxy) is 1. The SMILES string of the molecule is CCC(C#N)CNCCc1ccc(OC)c(C)c1C. The van der Waals surface area contributed by atoms with Crippen molar-refractivity contribution in [3.05, 3.63) is 28.8 Å². The molecule has 1 rings (SSSR count). The molecule has 1 atom stereocenters. The molecule has 1 aromatic carbocycles. The van der Waals surface area contributed by atoms with E-state index in [-0.39, 0.29) is 5.92 Å². The van der Waals surface area contributed by atoms with Gasteiger partial charge in [-0.2, -0.15) is 5.26 Å². The number of nitrogens with one attached hydrogen (secondary N) is 1. The predicted octanol–water partition coefficient (Wildman–Crippen LogP) is 2.99. The summed E-state index contributed by atoms with van der Waals surface area (Å²) in [6.45, 7) is 7.96. The van der Waals surface area contributed by atoms with E-state index < -0.39 is 0 Å². The smallest absolute Gasteiger partial charge is 0.122 e. The molecule has 104 valence electrons. The van der Waals surface area contributed by atoms with Crippen molar-refractivity contribution in [2.24, 2.45) is 5.92 Å². The van der Waals surface area contributed by atoms with Crippen LogP contribution in [0.5, 0.6) is 5.75 Å². The topological polar surface area (TPSA) is 45.0 Å². The van der Waals surface area contributed by atoms with Crippen LogP contribution in [-0.4, -0.2) is 20.2 Å². The lowest BCUT2D eigenvalue weighted by Crippen LogP contribution is -2.24. The first-order valence-corrected chi connectivity index (χ1v) is 6.87. The van der Waals surface area contributed by atoms with Crippen LogP contribution in [0, 0.1) is 31.1 Å². The second kappa shape index (κ2) is 7.81. The lowest BCUT2D eigenvalue weighted by molar-refractivity contribution is 0.411. The zero-order valence-electron chi connectivity index (χ0n) is 12.4. The van der Waals surface area contributed by atoms with Gasteiger partial charge >= 0.3 is 0 Å². The molecule has 0 aliphatic rings. The Balaban J connectivity index is 2.51. The maximum Gasteiger partial charge on any atom is 0.122 e. The van der Waals surface area contributed by atoms with Crippen molar-refractivity contribution in [2.45, 2.75) is 33.6 Å². The van der Waals surface area contributed by atoms with Crippen molar-refractivity contribution in [1.82, 2.24) is 5.32 Å². The molecule has 0 radical (unpaired) electrons. The van der Waals surface area contributed by atoms with E-state index in [1.54, 1.807) is 7.11 Å². The summed E-state index contributed by atoms with van der Waals surface area (Å²) < 4.78 is 5.32. The molecule has 0 aliphatic carbocycles. The molecule has 3 nitrogen and oxygen atoms in total. The third-order valence-electron chi connectivity index (χ3n) is 3.71. The summed E-state index contributed by atoms with van der Waals surface area (Å²) in [4.78, 5) is 0. The van der Waals surface area contributed by atoms with Crippen molar-refractivity contribution in [3.8, 4) is 11.8 Å². The van der Waals surface area contributed by atoms with Crippen LogP contribution in [0.3, 0.4) is 0 Å². The lowest BCUT2D eigenvalue weighted by atomic mass is 10.00. The van der Waals surface area contributed by atoms with E-state index in [4.69, 9.17) is 10.00 Å². The van der Waals surface area contributed by atoms with Gasteiger partial charge in [-0.3, -0.25) is 0 Å². The van der Waals surface area contributed by atoms with E-state index in [9.17, 15) is 0 Å². The van der Waals surface area contributed by atoms with E-state index in [1.807, 2.05) is 13.0 Å². The number of nitrogens with zero attached hydrogens (tertiary/aromatic N) is 1. The molecule has 0 spiro atoms. The van der Waals surface area contributed by atoms with Gasteiger partial charge in [-0.15, -0.1) is 0 Å². The van der Waals surface area contributed by atoms with Crippen LogP contribution in [0.1, 0.15) is 30.0 Å². The summed E-state index contributed by atoms with van der Waals surface area (Å²) in [6, 6.07) is 6.47. The number of methoxy groups -OCH3 is 1. The minimum atomic E-state index is 0.124. The van der Waals surface area contributed by atoms with Gasteiger partial charge in [0, 0.05) is 6.54 Å². The van der Waals surface area contributed by atoms with Gasteiger partial charge < -0.3 is 10.1 Å². The fraction of sp³-hybridized carbons (Fsp3) is 0.562. The molecule has 3 heteroatoms. The summed E-state index contributed by atoms with van der Waals surface area (Å²) in [6.07, 6.45) is 1.89. The lowest BCUT2D eigenvalue weighted by Gasteiger charge is -2.13. The zero-order chi connectivity index (χ0) is 14.3. The highest BCUT2D eigenvalue weighted by Crippen LogP contribution is 2.23. The van der Waals surface area contributed by atoms with Crippen LogP contribution >= 0.6 is 0 Å². The van der Waals surface area contributed by atoms with Gasteiger partial charge in [0.1, 0.15) is 5.75 Å². The van der Waals surface area contributed by atoms with Crippen LogP contribution in [-0.2, 0) is 6.42 Å². The summed E-state index contributed by atoms with van der Waals surface area (Å²) in [5.41, 5.74) is 3.85. The third-order valence-corrected chi connectivity index (χ3v) is 3.71. The minimum absolute atomic E-state index is 0.124. The van der Waals surface area contributed by atoms with Gasteiger partial charge in [0.25, 0.3) is 0 Å². The first-order valence-electron chi connectivity index (χ1n) is 6.87. The van der Waals surface area contributed by atoms with Gasteiger partial charge in [-0.1, -0.05) is 13.0 Å². The van der Waals surface area contributed by atoms with E-state index >= 15 is 0 Å². The van der Waals surface area contributed by atoms with Crippen molar-refractivity contribution in [2.75, 3.05) is 20.2 Å². The van der Waals surface area contributed by atoms with Gasteiger partial charge in [0.2, 0.25) is 0 Å². The molecule has 0 saturated carbocycles. The van der Waals surface area contributed by atoms with Crippen molar-refractivity contribution in [3.63, 3.8) is 0 Å². The van der Waals surface area contributed by atoms with Gasteiger partial charge in [-0.25, -0.2) is 0 Å². The van der Waals surface area contributed by atoms with E-state index in [0.29, 0.717) is 0 Å². The average molecular weight is 260 g/mol. The Morgan fingerprint density at radius 3 is 2.63 bits per heavy atom. The molecule has 0 heterocycles. The molecule has 1 N–H and O–H groups in total. The fourth-order valence-electron chi connectivity index (χ4n) is 2.12. The molecule has 0 amide bonds. The normalized spacial score (nSPS) is 11.9. The van der Waals surface area contributed by atoms with Crippen LogP contribution in [0.2, 0.25) is 0 Å². The minimum Gasteiger partial charge on any atom is -0.496 e. The molecule has 1 aromatic rings. The molecule has 0 fully saturated rings. The van der Waals surface area contributed by atoms with Gasteiger partial charge in [-0.05, 0) is 56.0 Å². The van der Waals surface area contributed by atoms with E-state index in [1.165, 1.54) is 16.7 Å². The highest BCUT2D eigenvalue weighted by molar-refractivity contribution is 5.43. The molecule has 1 unspecified atom stereocenters. The molecule has 0 aromatic heterocycles. The summed E-state index contributed by atoms with van der Waals surface area (Å²) in [7, 11) is 1.70. The van der Waals surface area contributed by atoms with Gasteiger partial charge in [0.15, 0.2) is 0 Å². The largest absolute Gasteiger partial charge is 0.496 e. The van der Waals surface area contributed by atoms with Crippen molar-refractivity contribution in [1.29, 1.82) is 5.26 Å². The summed E-state index contributed by atoms with van der Waals surface area (Å²) in [5, 5.41) is 12.2. The third kappa shape index (κ3) is 4.25. The number of hydrogen-bond donors (Lipinski definition) is 1. The van der Waals surface area contributed by atoms with Crippen LogP contribution < -0.4 is 10.1 Å². The molecular weight excluding hydrogens is 236 g/mol. The highest BCUT2D eigenvalue weighted by Gasteiger charge is 2.07. The Bertz CT molecular complexity index is 449. The van der Waals surface area contributed by atoms with Crippen molar-refractivity contribution < 1.29 is 4.74 Å². The highest BCUT2D eigenvalue weighted by atomic mass is 16.5. The van der Waals surface area contributed by atoms with Crippen LogP contribution in [0.15, 0.2) is 12.1 Å². The summed E-state index contributed by atoms with van der Waals surface area (Å²) in [5.74, 6) is 1.07. The molecular formula is C16H24N2O. The maximum absolute atomic E-state index is 8.88. The molecule has 0 saturated heterocycles. The quantitative estimate of drug-likeness (QED) is 0.767. The first-order chi connectivity index (χ1) is 9.13. The number of nitriles is 1. The zero-order valence-corrected chi connectivity index (χ0v) is 12.4. The summed E-state index contributed by atoms with van der Waals surface area (Å²) >= 11 is 0. The molecule has 19 heavy (non-hydrogen) atoms. The Hall–Kier alpha value is -1.53. The first kappa shape index (κ1) is 15.5.